The van der Waals surface area contributed by atoms with Gasteiger partial charge in [-0.2, -0.15) is 0 Å². The average molecular weight is 543 g/mol. The van der Waals surface area contributed by atoms with Gasteiger partial charge < -0.3 is 25.4 Å². The number of ether oxygens (including phenoxy) is 1. The number of anilines is 2. The van der Waals surface area contributed by atoms with E-state index in [-0.39, 0.29) is 21.6 Å². The molecule has 1 amide bonds. The SMILES string of the molecule is Cc1noc(C)c1COCCc1cccc(Nc2sc(-c3c(F)cc(C(C)(C)O)cc3F)cc2C(N)=O)n1. The number of amides is 1. The van der Waals surface area contributed by atoms with Crippen LogP contribution in [0, 0.1) is 25.5 Å². The van der Waals surface area contributed by atoms with E-state index < -0.39 is 23.1 Å². The Morgan fingerprint density at radius 2 is 1.92 bits per heavy atom. The largest absolute Gasteiger partial charge is 0.386 e. The molecule has 38 heavy (non-hydrogen) atoms. The molecule has 4 N–H and O–H groups in total. The summed E-state index contributed by atoms with van der Waals surface area (Å²) in [6, 6.07) is 8.84. The molecule has 0 unspecified atom stereocenters. The fourth-order valence-electron chi connectivity index (χ4n) is 3.82. The van der Waals surface area contributed by atoms with Crippen LogP contribution >= 0.6 is 11.3 Å². The third kappa shape index (κ3) is 6.07. The highest BCUT2D eigenvalue weighted by Crippen LogP contribution is 2.40. The lowest BCUT2D eigenvalue weighted by Crippen LogP contribution is -2.16. The van der Waals surface area contributed by atoms with Gasteiger partial charge in [0.15, 0.2) is 0 Å². The average Bonchev–Trinajstić information content (AvgIpc) is 3.39. The van der Waals surface area contributed by atoms with Crippen molar-refractivity contribution in [1.29, 1.82) is 0 Å². The molecule has 4 aromatic rings. The molecule has 8 nitrogen and oxygen atoms in total. The van der Waals surface area contributed by atoms with E-state index >= 15 is 0 Å². The third-order valence-corrected chi connectivity index (χ3v) is 7.04. The highest BCUT2D eigenvalue weighted by Gasteiger charge is 2.24. The monoisotopic (exact) mass is 542 g/mol. The van der Waals surface area contributed by atoms with Crippen LogP contribution in [0.3, 0.4) is 0 Å². The minimum Gasteiger partial charge on any atom is -0.386 e. The zero-order chi connectivity index (χ0) is 27.6. The normalized spacial score (nSPS) is 11.7. The summed E-state index contributed by atoms with van der Waals surface area (Å²) >= 11 is 0.972. The lowest BCUT2D eigenvalue weighted by atomic mass is 9.96. The van der Waals surface area contributed by atoms with Crippen molar-refractivity contribution in [2.75, 3.05) is 11.9 Å². The lowest BCUT2D eigenvalue weighted by Gasteiger charge is -2.18. The number of pyridine rings is 1. The third-order valence-electron chi connectivity index (χ3n) is 5.97. The van der Waals surface area contributed by atoms with Crippen LogP contribution in [0.15, 0.2) is 40.9 Å². The molecule has 0 aliphatic rings. The van der Waals surface area contributed by atoms with E-state index in [0.29, 0.717) is 30.5 Å². The van der Waals surface area contributed by atoms with Gasteiger partial charge in [0.25, 0.3) is 5.91 Å². The summed E-state index contributed by atoms with van der Waals surface area (Å²) in [4.78, 5) is 16.8. The number of nitrogens with one attached hydrogen (secondary N) is 1. The number of carbonyl (C=O) groups excluding carboxylic acids is 1. The summed E-state index contributed by atoms with van der Waals surface area (Å²) in [5, 5.41) is 17.4. The molecule has 4 rings (SSSR count). The Kier molecular flexibility index (Phi) is 7.91. The van der Waals surface area contributed by atoms with Crippen molar-refractivity contribution in [2.24, 2.45) is 5.73 Å². The zero-order valence-electron chi connectivity index (χ0n) is 21.4. The van der Waals surface area contributed by atoms with Crippen LogP contribution in [-0.4, -0.2) is 27.8 Å². The van der Waals surface area contributed by atoms with E-state index in [1.54, 1.807) is 12.1 Å². The van der Waals surface area contributed by atoms with Crippen molar-refractivity contribution in [3.63, 3.8) is 0 Å². The van der Waals surface area contributed by atoms with Crippen molar-refractivity contribution in [3.8, 4) is 10.4 Å². The van der Waals surface area contributed by atoms with Crippen molar-refractivity contribution < 1.29 is 27.9 Å². The molecule has 0 bridgehead atoms. The van der Waals surface area contributed by atoms with Crippen LogP contribution in [0.5, 0.6) is 0 Å². The van der Waals surface area contributed by atoms with Gasteiger partial charge in [0.05, 0.1) is 35.6 Å². The summed E-state index contributed by atoms with van der Waals surface area (Å²) in [5.74, 6) is -1.32. The molecule has 0 fully saturated rings. The number of nitrogens with zero attached hydrogens (tertiary/aromatic N) is 2. The number of halogens is 2. The second-order valence-corrected chi connectivity index (χ2v) is 10.4. The van der Waals surface area contributed by atoms with Crippen molar-refractivity contribution >= 4 is 28.1 Å². The zero-order valence-corrected chi connectivity index (χ0v) is 22.2. The first kappa shape index (κ1) is 27.4. The minimum atomic E-state index is -1.42. The first-order valence-corrected chi connectivity index (χ1v) is 12.6. The van der Waals surface area contributed by atoms with Gasteiger partial charge in [0.1, 0.15) is 28.2 Å². The number of nitrogens with two attached hydrogens (primary N) is 1. The van der Waals surface area contributed by atoms with Crippen LogP contribution in [0.2, 0.25) is 0 Å². The highest BCUT2D eigenvalue weighted by atomic mass is 32.1. The number of carbonyl (C=O) groups is 1. The van der Waals surface area contributed by atoms with Gasteiger partial charge in [-0.05, 0) is 63.6 Å². The van der Waals surface area contributed by atoms with Gasteiger partial charge in [0.2, 0.25) is 0 Å². The summed E-state index contributed by atoms with van der Waals surface area (Å²) in [5.41, 5.74) is 6.44. The molecule has 0 atom stereocenters. The van der Waals surface area contributed by atoms with Crippen LogP contribution in [0.25, 0.3) is 10.4 Å². The second kappa shape index (κ2) is 11.0. The van der Waals surface area contributed by atoms with Gasteiger partial charge in [-0.25, -0.2) is 13.8 Å². The Bertz CT molecular complexity index is 1430. The smallest absolute Gasteiger partial charge is 0.251 e. The molecule has 0 saturated heterocycles. The van der Waals surface area contributed by atoms with Crippen LogP contribution in [0.1, 0.15) is 52.5 Å². The molecule has 3 heterocycles. The Morgan fingerprint density at radius 3 is 2.53 bits per heavy atom. The fourth-order valence-corrected chi connectivity index (χ4v) is 4.93. The van der Waals surface area contributed by atoms with Gasteiger partial charge in [-0.3, -0.25) is 4.79 Å². The van der Waals surface area contributed by atoms with Gasteiger partial charge in [0, 0.05) is 22.6 Å². The maximum absolute atomic E-state index is 14.9. The standard InChI is InChI=1S/C27H28F2N4O4S/c1-14-19(15(2)37-33-14)13-36-9-8-17-6-5-7-23(31-17)32-26-18(25(30)34)12-22(38-26)24-20(28)10-16(11-21(24)29)27(3,4)35/h5-7,10-12,35H,8-9,13H2,1-4H3,(H2,30,34)(H,31,32). The predicted molar refractivity (Wildman–Crippen MR) is 140 cm³/mol. The van der Waals surface area contributed by atoms with Crippen LogP contribution in [-0.2, 0) is 23.4 Å². The van der Waals surface area contributed by atoms with Crippen molar-refractivity contribution in [3.05, 3.63) is 81.9 Å². The number of thiophene rings is 1. The molecule has 0 aliphatic heterocycles. The van der Waals surface area contributed by atoms with Crippen LogP contribution in [0.4, 0.5) is 19.6 Å². The van der Waals surface area contributed by atoms with Gasteiger partial charge in [-0.15, -0.1) is 11.3 Å². The van der Waals surface area contributed by atoms with E-state index in [4.69, 9.17) is 15.0 Å². The Hall–Kier alpha value is -3.67. The van der Waals surface area contributed by atoms with E-state index in [1.807, 2.05) is 19.9 Å². The summed E-state index contributed by atoms with van der Waals surface area (Å²) in [6.07, 6.45) is 0.529. The minimum absolute atomic E-state index is 0.0744. The summed E-state index contributed by atoms with van der Waals surface area (Å²) in [6.45, 7) is 7.35. The highest BCUT2D eigenvalue weighted by molar-refractivity contribution is 7.20. The number of benzene rings is 1. The number of primary amides is 1. The molecule has 11 heteroatoms. The lowest BCUT2D eigenvalue weighted by molar-refractivity contribution is 0.0778. The van der Waals surface area contributed by atoms with Crippen molar-refractivity contribution in [1.82, 2.24) is 10.1 Å². The number of hydrogen-bond donors (Lipinski definition) is 3. The van der Waals surface area contributed by atoms with E-state index in [2.05, 4.69) is 15.5 Å². The van der Waals surface area contributed by atoms with E-state index in [0.717, 1.165) is 46.2 Å². The summed E-state index contributed by atoms with van der Waals surface area (Å²) in [7, 11) is 0. The van der Waals surface area contributed by atoms with Crippen LogP contribution < -0.4 is 11.1 Å². The van der Waals surface area contributed by atoms with Crippen molar-refractivity contribution in [2.45, 2.75) is 46.3 Å². The quantitative estimate of drug-likeness (QED) is 0.225. The maximum atomic E-state index is 14.9. The maximum Gasteiger partial charge on any atom is 0.251 e. The summed E-state index contributed by atoms with van der Waals surface area (Å²) < 4.78 is 40.7. The molecule has 0 saturated carbocycles. The fraction of sp³-hybridized carbons (Fsp3) is 0.296. The van der Waals surface area contributed by atoms with E-state index in [9.17, 15) is 18.7 Å². The molecule has 0 radical (unpaired) electrons. The first-order valence-electron chi connectivity index (χ1n) is 11.8. The molecule has 0 spiro atoms. The molecule has 3 aromatic heterocycles. The first-order chi connectivity index (χ1) is 17.9. The Balaban J connectivity index is 1.51. The van der Waals surface area contributed by atoms with E-state index in [1.165, 1.54) is 19.9 Å². The number of aliphatic hydroxyl groups is 1. The van der Waals surface area contributed by atoms with Gasteiger partial charge >= 0.3 is 0 Å². The molecular formula is C27H28F2N4O4S. The number of aromatic nitrogens is 2. The molecule has 200 valence electrons. The molecular weight excluding hydrogens is 514 g/mol. The number of aryl methyl sites for hydroxylation is 2. The predicted octanol–water partition coefficient (Wildman–Crippen LogP) is 5.52. The molecule has 1 aromatic carbocycles. The number of rotatable bonds is 10. The second-order valence-electron chi connectivity index (χ2n) is 9.34. The number of hydrogen-bond acceptors (Lipinski definition) is 8. The topological polar surface area (TPSA) is 124 Å². The van der Waals surface area contributed by atoms with Gasteiger partial charge in [-0.1, -0.05) is 11.2 Å². The Morgan fingerprint density at radius 1 is 1.21 bits per heavy atom. The molecule has 0 aliphatic carbocycles. The Labute approximate surface area is 222 Å².